The van der Waals surface area contributed by atoms with Gasteiger partial charge in [0.1, 0.15) is 5.75 Å². The predicted octanol–water partition coefficient (Wildman–Crippen LogP) is 4.56. The maximum atomic E-state index is 6.02. The van der Waals surface area contributed by atoms with Gasteiger partial charge in [0.15, 0.2) is 0 Å². The van der Waals surface area contributed by atoms with Crippen molar-refractivity contribution in [3.8, 4) is 5.75 Å². The monoisotopic (exact) mass is 275 g/mol. The Hall–Kier alpha value is -1.02. The summed E-state index contributed by atoms with van der Waals surface area (Å²) in [6.45, 7) is 8.98. The first-order chi connectivity index (χ1) is 9.45. The van der Waals surface area contributed by atoms with Crippen molar-refractivity contribution in [1.29, 1.82) is 0 Å². The van der Waals surface area contributed by atoms with E-state index in [0.717, 1.165) is 5.75 Å². The minimum Gasteiger partial charge on any atom is -0.491 e. The quantitative estimate of drug-likeness (QED) is 0.850. The smallest absolute Gasteiger partial charge is 0.124 e. The van der Waals surface area contributed by atoms with Gasteiger partial charge in [-0.1, -0.05) is 38.5 Å². The summed E-state index contributed by atoms with van der Waals surface area (Å²) in [6.07, 6.45) is 4.17. The van der Waals surface area contributed by atoms with Crippen molar-refractivity contribution < 1.29 is 4.74 Å². The fourth-order valence-corrected chi connectivity index (χ4v) is 3.64. The van der Waals surface area contributed by atoms with E-state index in [4.69, 9.17) is 4.74 Å². The van der Waals surface area contributed by atoms with Crippen molar-refractivity contribution in [2.45, 2.75) is 59.1 Å². The van der Waals surface area contributed by atoms with Crippen LogP contribution >= 0.6 is 0 Å². The van der Waals surface area contributed by atoms with Crippen molar-refractivity contribution >= 4 is 0 Å². The van der Waals surface area contributed by atoms with E-state index < -0.39 is 0 Å². The molecule has 0 aromatic heterocycles. The summed E-state index contributed by atoms with van der Waals surface area (Å²) in [7, 11) is 2.07. The molecular formula is C18H29NO. The van der Waals surface area contributed by atoms with Crippen LogP contribution in [0.1, 0.15) is 58.6 Å². The molecule has 112 valence electrons. The van der Waals surface area contributed by atoms with Crippen LogP contribution in [0.3, 0.4) is 0 Å². The van der Waals surface area contributed by atoms with Gasteiger partial charge in [-0.2, -0.15) is 0 Å². The van der Waals surface area contributed by atoms with E-state index in [1.807, 2.05) is 0 Å². The molecule has 0 spiro atoms. The Bertz CT molecular complexity index is 439. The Balaban J connectivity index is 2.32. The minimum atomic E-state index is 0.213. The Morgan fingerprint density at radius 1 is 1.25 bits per heavy atom. The van der Waals surface area contributed by atoms with Crippen LogP contribution < -0.4 is 10.1 Å². The summed E-state index contributed by atoms with van der Waals surface area (Å²) < 4.78 is 6.02. The Morgan fingerprint density at radius 3 is 2.50 bits per heavy atom. The zero-order chi connectivity index (χ0) is 14.8. The van der Waals surface area contributed by atoms with E-state index >= 15 is 0 Å². The van der Waals surface area contributed by atoms with Crippen molar-refractivity contribution in [3.05, 3.63) is 29.8 Å². The third kappa shape index (κ3) is 3.17. The van der Waals surface area contributed by atoms with Crippen LogP contribution in [0.25, 0.3) is 0 Å². The highest BCUT2D eigenvalue weighted by Crippen LogP contribution is 2.49. The molecule has 1 aromatic carbocycles. The molecule has 1 aliphatic carbocycles. The molecule has 2 heteroatoms. The highest BCUT2D eigenvalue weighted by molar-refractivity contribution is 5.37. The molecule has 2 nitrogen and oxygen atoms in total. The summed E-state index contributed by atoms with van der Waals surface area (Å²) in [4.78, 5) is 0. The van der Waals surface area contributed by atoms with Gasteiger partial charge < -0.3 is 10.1 Å². The molecule has 1 N–H and O–H groups in total. The molecule has 2 atom stereocenters. The zero-order valence-corrected chi connectivity index (χ0v) is 13.6. The molecule has 0 aliphatic heterocycles. The normalized spacial score (nSPS) is 23.0. The van der Waals surface area contributed by atoms with Crippen LogP contribution in [0.15, 0.2) is 24.3 Å². The lowest BCUT2D eigenvalue weighted by molar-refractivity contribution is 0.193. The maximum Gasteiger partial charge on any atom is 0.124 e. The second kappa shape index (κ2) is 6.17. The lowest BCUT2D eigenvalue weighted by Gasteiger charge is -2.35. The van der Waals surface area contributed by atoms with Gasteiger partial charge >= 0.3 is 0 Å². The van der Waals surface area contributed by atoms with E-state index in [9.17, 15) is 0 Å². The van der Waals surface area contributed by atoms with Crippen LogP contribution in [0.5, 0.6) is 5.75 Å². The van der Waals surface area contributed by atoms with Crippen LogP contribution in [0, 0.1) is 11.3 Å². The van der Waals surface area contributed by atoms with E-state index in [0.29, 0.717) is 17.4 Å². The summed E-state index contributed by atoms with van der Waals surface area (Å²) in [5.41, 5.74) is 1.71. The van der Waals surface area contributed by atoms with Crippen molar-refractivity contribution in [2.75, 3.05) is 7.05 Å². The third-order valence-electron chi connectivity index (χ3n) is 4.67. The zero-order valence-electron chi connectivity index (χ0n) is 13.6. The molecule has 0 bridgehead atoms. The minimum absolute atomic E-state index is 0.213. The molecule has 1 aliphatic rings. The molecule has 1 aromatic rings. The first-order valence-electron chi connectivity index (χ1n) is 7.88. The number of ether oxygens (including phenoxy) is 1. The van der Waals surface area contributed by atoms with Gasteiger partial charge in [-0.25, -0.2) is 0 Å². The van der Waals surface area contributed by atoms with Crippen LogP contribution in [-0.2, 0) is 0 Å². The predicted molar refractivity (Wildman–Crippen MR) is 85.1 cm³/mol. The average Bonchev–Trinajstić information content (AvgIpc) is 2.72. The van der Waals surface area contributed by atoms with Gasteiger partial charge in [-0.3, -0.25) is 0 Å². The van der Waals surface area contributed by atoms with Gasteiger partial charge in [-0.15, -0.1) is 0 Å². The van der Waals surface area contributed by atoms with Gasteiger partial charge in [0.05, 0.1) is 6.10 Å². The van der Waals surface area contributed by atoms with E-state index in [1.54, 1.807) is 0 Å². The molecule has 0 saturated heterocycles. The van der Waals surface area contributed by atoms with Gasteiger partial charge in [0.25, 0.3) is 0 Å². The van der Waals surface area contributed by atoms with E-state index in [2.05, 4.69) is 64.3 Å². The molecule has 2 rings (SSSR count). The van der Waals surface area contributed by atoms with Gasteiger partial charge in [0.2, 0.25) is 0 Å². The van der Waals surface area contributed by atoms with Crippen LogP contribution in [0.4, 0.5) is 0 Å². The Morgan fingerprint density at radius 2 is 1.95 bits per heavy atom. The van der Waals surface area contributed by atoms with E-state index in [-0.39, 0.29) is 6.10 Å². The number of hydrogen-bond acceptors (Lipinski definition) is 2. The summed E-state index contributed by atoms with van der Waals surface area (Å²) in [5, 5.41) is 3.55. The van der Waals surface area contributed by atoms with Crippen molar-refractivity contribution in [3.63, 3.8) is 0 Å². The largest absolute Gasteiger partial charge is 0.491 e. The lowest BCUT2D eigenvalue weighted by atomic mass is 9.75. The standard InChI is InChI=1S/C18H29NO/c1-13(2)20-16-11-7-6-9-14(16)17(19-5)15-10-8-12-18(15,3)4/h6-7,9,11,13,15,17,19H,8,10,12H2,1-5H3. The Labute approximate surface area is 123 Å². The second-order valence-electron chi connectivity index (χ2n) is 6.96. The number of hydrogen-bond donors (Lipinski definition) is 1. The maximum absolute atomic E-state index is 6.02. The van der Waals surface area contributed by atoms with Crippen LogP contribution in [0.2, 0.25) is 0 Å². The molecule has 1 saturated carbocycles. The molecule has 1 fully saturated rings. The Kier molecular flexibility index (Phi) is 4.74. The van der Waals surface area contributed by atoms with Crippen molar-refractivity contribution in [2.24, 2.45) is 11.3 Å². The fraction of sp³-hybridized carbons (Fsp3) is 0.667. The summed E-state index contributed by atoms with van der Waals surface area (Å²) in [6, 6.07) is 8.87. The summed E-state index contributed by atoms with van der Waals surface area (Å²) in [5.74, 6) is 1.70. The highest BCUT2D eigenvalue weighted by Gasteiger charge is 2.40. The fourth-order valence-electron chi connectivity index (χ4n) is 3.64. The molecule has 0 amide bonds. The number of rotatable bonds is 5. The van der Waals surface area contributed by atoms with Crippen LogP contribution in [-0.4, -0.2) is 13.2 Å². The summed E-state index contributed by atoms with van der Waals surface area (Å²) >= 11 is 0. The molecular weight excluding hydrogens is 246 g/mol. The molecule has 0 heterocycles. The average molecular weight is 275 g/mol. The van der Waals surface area contributed by atoms with E-state index in [1.165, 1.54) is 24.8 Å². The SMILES string of the molecule is CNC(c1ccccc1OC(C)C)C1CCCC1(C)C. The molecule has 20 heavy (non-hydrogen) atoms. The first-order valence-corrected chi connectivity index (χ1v) is 7.88. The third-order valence-corrected chi connectivity index (χ3v) is 4.67. The van der Waals surface area contributed by atoms with Gasteiger partial charge in [0, 0.05) is 11.6 Å². The second-order valence-corrected chi connectivity index (χ2v) is 6.96. The molecule has 0 radical (unpaired) electrons. The number of para-hydroxylation sites is 1. The topological polar surface area (TPSA) is 21.3 Å². The number of benzene rings is 1. The van der Waals surface area contributed by atoms with Crippen molar-refractivity contribution in [1.82, 2.24) is 5.32 Å². The molecule has 2 unspecified atom stereocenters. The van der Waals surface area contributed by atoms with Gasteiger partial charge in [-0.05, 0) is 51.1 Å². The first kappa shape index (κ1) is 15.4. The number of nitrogens with one attached hydrogen (secondary N) is 1. The lowest BCUT2D eigenvalue weighted by Crippen LogP contribution is -2.32. The highest BCUT2D eigenvalue weighted by atomic mass is 16.5.